The van der Waals surface area contributed by atoms with Gasteiger partial charge in [0.2, 0.25) is 5.91 Å². The number of carbonyl (C=O) groups is 2. The molecular formula is C12H12KNO3. The van der Waals surface area contributed by atoms with Crippen molar-refractivity contribution in [3.63, 3.8) is 0 Å². The van der Waals surface area contributed by atoms with Crippen LogP contribution in [-0.4, -0.2) is 18.4 Å². The summed E-state index contributed by atoms with van der Waals surface area (Å²) in [6.07, 6.45) is 1.07. The third-order valence-electron chi connectivity index (χ3n) is 2.79. The molecule has 2 rings (SSSR count). The number of hydrogen-bond acceptors (Lipinski definition) is 3. The van der Waals surface area contributed by atoms with E-state index in [9.17, 15) is 14.7 Å². The second kappa shape index (κ2) is 6.65. The molecule has 0 aromatic heterocycles. The molecule has 0 spiro atoms. The molecule has 1 unspecified atom stereocenters. The Morgan fingerprint density at radius 3 is 2.53 bits per heavy atom. The average Bonchev–Trinajstić information content (AvgIpc) is 2.30. The number of anilines is 1. The van der Waals surface area contributed by atoms with E-state index in [0.717, 1.165) is 5.69 Å². The minimum atomic E-state index is -1.27. The maximum Gasteiger partial charge on any atom is 1.00 e. The van der Waals surface area contributed by atoms with E-state index in [2.05, 4.69) is 0 Å². The summed E-state index contributed by atoms with van der Waals surface area (Å²) in [4.78, 5) is 24.2. The van der Waals surface area contributed by atoms with Crippen LogP contribution in [0.25, 0.3) is 0 Å². The van der Waals surface area contributed by atoms with Crippen LogP contribution in [0.1, 0.15) is 12.8 Å². The fraction of sp³-hybridized carbons (Fsp3) is 0.333. The Balaban J connectivity index is 0.00000144. The minimum Gasteiger partial charge on any atom is -0.549 e. The molecule has 0 bridgehead atoms. The fourth-order valence-electron chi connectivity index (χ4n) is 1.96. The van der Waals surface area contributed by atoms with Gasteiger partial charge in [0.05, 0.1) is 11.9 Å². The van der Waals surface area contributed by atoms with Gasteiger partial charge in [-0.3, -0.25) is 4.79 Å². The van der Waals surface area contributed by atoms with Crippen LogP contribution in [0.5, 0.6) is 0 Å². The summed E-state index contributed by atoms with van der Waals surface area (Å²) in [6.45, 7) is 0.576. The monoisotopic (exact) mass is 257 g/mol. The van der Waals surface area contributed by atoms with Gasteiger partial charge in [-0.15, -0.1) is 0 Å². The molecule has 1 aromatic carbocycles. The van der Waals surface area contributed by atoms with Gasteiger partial charge in [-0.1, -0.05) is 18.2 Å². The van der Waals surface area contributed by atoms with Crippen LogP contribution in [0.4, 0.5) is 5.69 Å². The van der Waals surface area contributed by atoms with Gasteiger partial charge in [0.15, 0.2) is 0 Å². The molecule has 1 atom stereocenters. The first kappa shape index (κ1) is 14.9. The van der Waals surface area contributed by atoms with Crippen LogP contribution >= 0.6 is 0 Å². The summed E-state index contributed by atoms with van der Waals surface area (Å²) in [5.74, 6) is -2.63. The SMILES string of the molecule is O=C([O-])C1CCCN(c2ccccc2)C1=O.[K+]. The van der Waals surface area contributed by atoms with Gasteiger partial charge < -0.3 is 14.8 Å². The van der Waals surface area contributed by atoms with Gasteiger partial charge in [0.1, 0.15) is 0 Å². The quantitative estimate of drug-likeness (QED) is 0.424. The maximum atomic E-state index is 11.9. The molecule has 1 aliphatic heterocycles. The summed E-state index contributed by atoms with van der Waals surface area (Å²) in [5, 5.41) is 10.8. The number of para-hydroxylation sites is 1. The van der Waals surface area contributed by atoms with Gasteiger partial charge in [-0.25, -0.2) is 0 Å². The third kappa shape index (κ3) is 3.39. The Hall–Kier alpha value is -0.204. The van der Waals surface area contributed by atoms with Crippen LogP contribution < -0.4 is 61.4 Å². The molecule has 0 radical (unpaired) electrons. The summed E-state index contributed by atoms with van der Waals surface area (Å²) in [5.41, 5.74) is 0.749. The molecule has 4 nitrogen and oxygen atoms in total. The number of carboxylic acid groups (broad SMARTS) is 1. The van der Waals surface area contributed by atoms with Gasteiger partial charge in [0.25, 0.3) is 0 Å². The summed E-state index contributed by atoms with van der Waals surface area (Å²) >= 11 is 0. The number of rotatable bonds is 2. The molecule has 1 saturated heterocycles. The van der Waals surface area contributed by atoms with Crippen molar-refractivity contribution >= 4 is 17.6 Å². The molecule has 0 saturated carbocycles. The number of piperidine rings is 1. The predicted octanol–water partition coefficient (Wildman–Crippen LogP) is -2.82. The molecule has 1 fully saturated rings. The molecule has 1 amide bonds. The normalized spacial score (nSPS) is 19.6. The van der Waals surface area contributed by atoms with E-state index >= 15 is 0 Å². The molecule has 17 heavy (non-hydrogen) atoms. The van der Waals surface area contributed by atoms with Crippen molar-refractivity contribution < 1.29 is 66.1 Å². The van der Waals surface area contributed by atoms with E-state index in [1.807, 2.05) is 18.2 Å². The van der Waals surface area contributed by atoms with Crippen molar-refractivity contribution in [2.45, 2.75) is 12.8 Å². The van der Waals surface area contributed by atoms with E-state index < -0.39 is 11.9 Å². The van der Waals surface area contributed by atoms with Crippen LogP contribution in [-0.2, 0) is 9.59 Å². The minimum absolute atomic E-state index is 0. The van der Waals surface area contributed by atoms with Crippen LogP contribution in [0.2, 0.25) is 0 Å². The van der Waals surface area contributed by atoms with Crippen molar-refractivity contribution in [1.82, 2.24) is 0 Å². The first-order valence-electron chi connectivity index (χ1n) is 5.27. The average molecular weight is 257 g/mol. The Morgan fingerprint density at radius 2 is 1.94 bits per heavy atom. The first-order valence-corrected chi connectivity index (χ1v) is 5.27. The van der Waals surface area contributed by atoms with Gasteiger partial charge in [0, 0.05) is 12.2 Å². The first-order chi connectivity index (χ1) is 7.70. The number of benzene rings is 1. The van der Waals surface area contributed by atoms with Gasteiger partial charge >= 0.3 is 51.4 Å². The molecule has 0 aliphatic carbocycles. The molecule has 84 valence electrons. The van der Waals surface area contributed by atoms with Gasteiger partial charge in [-0.2, -0.15) is 0 Å². The van der Waals surface area contributed by atoms with E-state index in [1.54, 1.807) is 12.1 Å². The largest absolute Gasteiger partial charge is 1.00 e. The Kier molecular flexibility index (Phi) is 5.82. The zero-order chi connectivity index (χ0) is 11.5. The number of hydrogen-bond donors (Lipinski definition) is 0. The number of amides is 1. The van der Waals surface area contributed by atoms with Crippen molar-refractivity contribution in [2.24, 2.45) is 5.92 Å². The molecular weight excluding hydrogens is 245 g/mol. The van der Waals surface area contributed by atoms with E-state index in [4.69, 9.17) is 0 Å². The van der Waals surface area contributed by atoms with Crippen LogP contribution in [0.3, 0.4) is 0 Å². The van der Waals surface area contributed by atoms with Crippen molar-refractivity contribution in [3.05, 3.63) is 30.3 Å². The smallest absolute Gasteiger partial charge is 0.549 e. The standard InChI is InChI=1S/C12H13NO3.K/c14-11-10(12(15)16)7-4-8-13(11)9-5-2-1-3-6-9;/h1-3,5-6,10H,4,7-8H2,(H,15,16);/q;+1/p-1. The molecule has 5 heteroatoms. The van der Waals surface area contributed by atoms with E-state index in [1.165, 1.54) is 4.90 Å². The van der Waals surface area contributed by atoms with Crippen molar-refractivity contribution in [3.8, 4) is 0 Å². The zero-order valence-corrected chi connectivity index (χ0v) is 12.9. The van der Waals surface area contributed by atoms with Crippen LogP contribution in [0, 0.1) is 5.92 Å². The van der Waals surface area contributed by atoms with Crippen molar-refractivity contribution in [1.29, 1.82) is 0 Å². The van der Waals surface area contributed by atoms with E-state index in [0.29, 0.717) is 19.4 Å². The fourth-order valence-corrected chi connectivity index (χ4v) is 1.96. The zero-order valence-electron chi connectivity index (χ0n) is 9.76. The topological polar surface area (TPSA) is 60.4 Å². The molecule has 1 heterocycles. The van der Waals surface area contributed by atoms with Crippen molar-refractivity contribution in [2.75, 3.05) is 11.4 Å². The van der Waals surface area contributed by atoms with Crippen LogP contribution in [0.15, 0.2) is 30.3 Å². The summed E-state index contributed by atoms with van der Waals surface area (Å²) < 4.78 is 0. The number of nitrogens with zero attached hydrogens (tertiary/aromatic N) is 1. The third-order valence-corrected chi connectivity index (χ3v) is 2.79. The Bertz CT molecular complexity index is 407. The summed E-state index contributed by atoms with van der Waals surface area (Å²) in [7, 11) is 0. The maximum absolute atomic E-state index is 11.9. The Labute approximate surface area is 142 Å². The van der Waals surface area contributed by atoms with Gasteiger partial charge in [-0.05, 0) is 25.0 Å². The second-order valence-corrected chi connectivity index (χ2v) is 3.84. The number of carbonyl (C=O) groups excluding carboxylic acids is 2. The molecule has 0 N–H and O–H groups in total. The molecule has 1 aliphatic rings. The second-order valence-electron chi connectivity index (χ2n) is 3.84. The summed E-state index contributed by atoms with van der Waals surface area (Å²) in [6, 6.07) is 9.11. The molecule has 1 aromatic rings. The Morgan fingerprint density at radius 1 is 1.29 bits per heavy atom. The number of aliphatic carboxylic acids is 1. The number of carboxylic acids is 1. The predicted molar refractivity (Wildman–Crippen MR) is 56.5 cm³/mol. The van der Waals surface area contributed by atoms with E-state index in [-0.39, 0.29) is 57.3 Å².